The maximum Gasteiger partial charge on any atom is 0.435 e. The lowest BCUT2D eigenvalue weighted by Crippen LogP contribution is -2.09. The minimum Gasteiger partial charge on any atom is -0.201 e. The van der Waals surface area contributed by atoms with Gasteiger partial charge in [-0.05, 0) is 19.1 Å². The Kier molecular flexibility index (Phi) is 3.20. The molecule has 2 aromatic heterocycles. The molecule has 0 aliphatic heterocycles. The van der Waals surface area contributed by atoms with E-state index in [1.165, 1.54) is 19.1 Å². The third-order valence-electron chi connectivity index (χ3n) is 2.15. The molecule has 0 saturated heterocycles. The van der Waals surface area contributed by atoms with E-state index in [-0.39, 0.29) is 21.7 Å². The van der Waals surface area contributed by atoms with Crippen LogP contribution in [0.4, 0.5) is 13.2 Å². The van der Waals surface area contributed by atoms with Crippen molar-refractivity contribution in [2.45, 2.75) is 13.1 Å². The van der Waals surface area contributed by atoms with Crippen LogP contribution >= 0.6 is 23.2 Å². The quantitative estimate of drug-likeness (QED) is 0.811. The normalized spacial score (nSPS) is 11.9. The van der Waals surface area contributed by atoms with Crippen LogP contribution in [-0.4, -0.2) is 20.0 Å². The molecule has 0 radical (unpaired) electrons. The van der Waals surface area contributed by atoms with Crippen molar-refractivity contribution >= 4 is 23.2 Å². The molecular weight excluding hydrogens is 292 g/mol. The number of rotatable bonds is 1. The zero-order chi connectivity index (χ0) is 13.5. The van der Waals surface area contributed by atoms with E-state index >= 15 is 0 Å². The molecule has 0 N–H and O–H groups in total. The second-order valence-corrected chi connectivity index (χ2v) is 4.13. The summed E-state index contributed by atoms with van der Waals surface area (Å²) >= 11 is 11.3. The number of hydrogen-bond acceptors (Lipinski definition) is 3. The Morgan fingerprint density at radius 3 is 2.28 bits per heavy atom. The molecule has 4 nitrogen and oxygen atoms in total. The Morgan fingerprint density at radius 2 is 1.83 bits per heavy atom. The predicted octanol–water partition coefficient (Wildman–Crippen LogP) is 3.30. The molecule has 0 aromatic carbocycles. The van der Waals surface area contributed by atoms with Gasteiger partial charge in [-0.2, -0.15) is 18.3 Å². The molecule has 2 aromatic rings. The van der Waals surface area contributed by atoms with Crippen molar-refractivity contribution in [3.05, 3.63) is 33.7 Å². The number of alkyl halides is 3. The highest BCUT2D eigenvalue weighted by atomic mass is 35.5. The van der Waals surface area contributed by atoms with Crippen LogP contribution in [-0.2, 0) is 6.18 Å². The van der Waals surface area contributed by atoms with Crippen LogP contribution in [0.3, 0.4) is 0 Å². The summed E-state index contributed by atoms with van der Waals surface area (Å²) < 4.78 is 38.8. The van der Waals surface area contributed by atoms with Crippen LogP contribution in [0.2, 0.25) is 10.3 Å². The molecule has 0 fully saturated rings. The average Bonchev–Trinajstić information content (AvgIpc) is 2.57. The molecule has 0 aliphatic carbocycles. The van der Waals surface area contributed by atoms with Gasteiger partial charge in [-0.15, -0.1) is 10.2 Å². The van der Waals surface area contributed by atoms with Crippen molar-refractivity contribution in [1.82, 2.24) is 20.0 Å². The van der Waals surface area contributed by atoms with Gasteiger partial charge >= 0.3 is 6.18 Å². The first-order valence-corrected chi connectivity index (χ1v) is 5.38. The molecule has 0 aliphatic rings. The van der Waals surface area contributed by atoms with Gasteiger partial charge in [0.2, 0.25) is 0 Å². The molecule has 0 unspecified atom stereocenters. The van der Waals surface area contributed by atoms with Gasteiger partial charge in [0.1, 0.15) is 5.15 Å². The second kappa shape index (κ2) is 4.40. The predicted molar refractivity (Wildman–Crippen MR) is 58.9 cm³/mol. The van der Waals surface area contributed by atoms with E-state index in [0.717, 1.165) is 4.68 Å². The van der Waals surface area contributed by atoms with Gasteiger partial charge in [0.05, 0.1) is 0 Å². The highest BCUT2D eigenvalue weighted by Gasteiger charge is 2.37. The van der Waals surface area contributed by atoms with Crippen molar-refractivity contribution in [1.29, 1.82) is 0 Å². The number of halogens is 5. The number of hydrogen-bond donors (Lipinski definition) is 0. The highest BCUT2D eigenvalue weighted by Crippen LogP contribution is 2.34. The summed E-state index contributed by atoms with van der Waals surface area (Å²) in [4.78, 5) is 0. The average molecular weight is 297 g/mol. The Morgan fingerprint density at radius 1 is 1.17 bits per heavy atom. The summed E-state index contributed by atoms with van der Waals surface area (Å²) in [6, 6.07) is 2.75. The van der Waals surface area contributed by atoms with E-state index in [9.17, 15) is 13.2 Å². The first-order valence-electron chi connectivity index (χ1n) is 4.62. The fourth-order valence-electron chi connectivity index (χ4n) is 1.32. The van der Waals surface area contributed by atoms with Gasteiger partial charge in [-0.3, -0.25) is 0 Å². The van der Waals surface area contributed by atoms with Crippen molar-refractivity contribution in [3.63, 3.8) is 0 Å². The molecule has 0 spiro atoms. The van der Waals surface area contributed by atoms with Crippen molar-refractivity contribution in [2.24, 2.45) is 0 Å². The van der Waals surface area contributed by atoms with Gasteiger partial charge in [0.25, 0.3) is 0 Å². The monoisotopic (exact) mass is 296 g/mol. The summed E-state index contributed by atoms with van der Waals surface area (Å²) in [5.41, 5.74) is -1.22. The Hall–Kier alpha value is -1.34. The lowest BCUT2D eigenvalue weighted by molar-refractivity contribution is -0.141. The summed E-state index contributed by atoms with van der Waals surface area (Å²) in [7, 11) is 0. The molecule has 9 heteroatoms. The molecule has 0 saturated carbocycles. The van der Waals surface area contributed by atoms with Crippen LogP contribution in [0.1, 0.15) is 11.3 Å². The third-order valence-corrected chi connectivity index (χ3v) is 2.80. The van der Waals surface area contributed by atoms with Crippen LogP contribution in [0.25, 0.3) is 5.82 Å². The molecule has 18 heavy (non-hydrogen) atoms. The maximum atomic E-state index is 12.6. The molecule has 0 amide bonds. The fraction of sp³-hybridized carbons (Fsp3) is 0.222. The zero-order valence-electron chi connectivity index (χ0n) is 8.83. The van der Waals surface area contributed by atoms with E-state index in [4.69, 9.17) is 23.2 Å². The van der Waals surface area contributed by atoms with Gasteiger partial charge < -0.3 is 0 Å². The largest absolute Gasteiger partial charge is 0.435 e. The summed E-state index contributed by atoms with van der Waals surface area (Å²) in [6.45, 7) is 1.23. The first-order chi connectivity index (χ1) is 8.30. The van der Waals surface area contributed by atoms with Gasteiger partial charge in [0.15, 0.2) is 16.7 Å². The first kappa shape index (κ1) is 13.1. The lowest BCUT2D eigenvalue weighted by atomic mass is 10.3. The molecular formula is C9H5Cl2F3N4. The van der Waals surface area contributed by atoms with E-state index in [2.05, 4.69) is 15.3 Å². The lowest BCUT2D eigenvalue weighted by Gasteiger charge is -2.02. The topological polar surface area (TPSA) is 43.6 Å². The van der Waals surface area contributed by atoms with Gasteiger partial charge in [0, 0.05) is 5.56 Å². The Bertz CT molecular complexity index is 577. The van der Waals surface area contributed by atoms with Crippen LogP contribution < -0.4 is 0 Å². The third kappa shape index (κ3) is 2.28. The van der Waals surface area contributed by atoms with Gasteiger partial charge in [-0.1, -0.05) is 23.2 Å². The minimum atomic E-state index is -4.57. The number of nitrogens with zero attached hydrogens (tertiary/aromatic N) is 4. The summed E-state index contributed by atoms with van der Waals surface area (Å²) in [6.07, 6.45) is -4.57. The highest BCUT2D eigenvalue weighted by molar-refractivity contribution is 6.30. The van der Waals surface area contributed by atoms with Crippen molar-refractivity contribution < 1.29 is 13.2 Å². The van der Waals surface area contributed by atoms with E-state index in [0.29, 0.717) is 0 Å². The van der Waals surface area contributed by atoms with E-state index < -0.39 is 11.9 Å². The smallest absolute Gasteiger partial charge is 0.201 e. The van der Waals surface area contributed by atoms with Crippen LogP contribution in [0.15, 0.2) is 12.1 Å². The fourth-order valence-corrected chi connectivity index (χ4v) is 1.63. The SMILES string of the molecule is Cc1c(C(F)(F)F)nn(-c2ccc(Cl)nn2)c1Cl. The number of aromatic nitrogens is 4. The van der Waals surface area contributed by atoms with Crippen LogP contribution in [0, 0.1) is 6.92 Å². The standard InChI is InChI=1S/C9H5Cl2F3N4/c1-4-7(9(12,13)14)17-18(8(4)11)6-3-2-5(10)15-16-6/h2-3H,1H3. The van der Waals surface area contributed by atoms with Gasteiger partial charge in [-0.25, -0.2) is 4.68 Å². The molecule has 2 heterocycles. The second-order valence-electron chi connectivity index (χ2n) is 3.39. The minimum absolute atomic E-state index is 0.0583. The van der Waals surface area contributed by atoms with Crippen LogP contribution in [0.5, 0.6) is 0 Å². The summed E-state index contributed by atoms with van der Waals surface area (Å²) in [5.74, 6) is 0.0583. The van der Waals surface area contributed by atoms with Crippen molar-refractivity contribution in [2.75, 3.05) is 0 Å². The van der Waals surface area contributed by atoms with E-state index in [1.807, 2.05) is 0 Å². The Balaban J connectivity index is 2.56. The molecule has 0 bridgehead atoms. The molecule has 96 valence electrons. The molecule has 2 rings (SSSR count). The zero-order valence-corrected chi connectivity index (χ0v) is 10.3. The molecule has 0 atom stereocenters. The maximum absolute atomic E-state index is 12.6. The van der Waals surface area contributed by atoms with Crippen molar-refractivity contribution in [3.8, 4) is 5.82 Å². The summed E-state index contributed by atoms with van der Waals surface area (Å²) in [5, 5.41) is 10.5. The Labute approximate surface area is 109 Å². The van der Waals surface area contributed by atoms with E-state index in [1.54, 1.807) is 0 Å².